The van der Waals surface area contributed by atoms with Gasteiger partial charge in [-0.1, -0.05) is 36.4 Å². The van der Waals surface area contributed by atoms with Crippen molar-refractivity contribution < 1.29 is 14.3 Å². The molecule has 2 rings (SSSR count). The summed E-state index contributed by atoms with van der Waals surface area (Å²) in [6.07, 6.45) is -0.843. The minimum atomic E-state index is -0.896. The molecule has 5 nitrogen and oxygen atoms in total. The van der Waals surface area contributed by atoms with E-state index in [0.717, 1.165) is 4.90 Å². The highest BCUT2D eigenvalue weighted by molar-refractivity contribution is 6.11. The van der Waals surface area contributed by atoms with E-state index < -0.39 is 12.1 Å². The van der Waals surface area contributed by atoms with E-state index in [4.69, 9.17) is 10.5 Å². The number of carbonyl (C=O) groups excluding carboxylic acids is 2. The van der Waals surface area contributed by atoms with Gasteiger partial charge in [0.05, 0.1) is 5.69 Å². The van der Waals surface area contributed by atoms with Crippen molar-refractivity contribution in [2.75, 3.05) is 4.90 Å². The third-order valence-corrected chi connectivity index (χ3v) is 2.37. The molecular formula is C14H12N2O3. The summed E-state index contributed by atoms with van der Waals surface area (Å²) in [6.45, 7) is 0. The van der Waals surface area contributed by atoms with Gasteiger partial charge in [0, 0.05) is 0 Å². The molecule has 0 saturated carbocycles. The number of urea groups is 1. The SMILES string of the molecule is NC(=O)N(C(=O)Oc1ccccc1)c1ccccc1. The maximum atomic E-state index is 12.0. The second-order valence-electron chi connectivity index (χ2n) is 3.69. The minimum Gasteiger partial charge on any atom is -0.410 e. The zero-order valence-corrected chi connectivity index (χ0v) is 10.0. The topological polar surface area (TPSA) is 72.6 Å². The van der Waals surface area contributed by atoms with Crippen LogP contribution in [-0.2, 0) is 0 Å². The van der Waals surface area contributed by atoms with Gasteiger partial charge in [-0.3, -0.25) is 0 Å². The molecule has 0 radical (unpaired) electrons. The molecule has 0 heterocycles. The number of para-hydroxylation sites is 2. The van der Waals surface area contributed by atoms with Crippen LogP contribution in [0.15, 0.2) is 60.7 Å². The number of hydrogen-bond acceptors (Lipinski definition) is 3. The van der Waals surface area contributed by atoms with Crippen LogP contribution in [0, 0.1) is 0 Å². The molecule has 0 aliphatic heterocycles. The number of benzene rings is 2. The second-order valence-corrected chi connectivity index (χ2v) is 3.69. The van der Waals surface area contributed by atoms with Crippen molar-refractivity contribution >= 4 is 17.8 Å². The second kappa shape index (κ2) is 5.68. The number of carbonyl (C=O) groups is 2. The Kier molecular flexibility index (Phi) is 3.78. The molecule has 2 N–H and O–H groups in total. The van der Waals surface area contributed by atoms with Gasteiger partial charge in [0.25, 0.3) is 0 Å². The summed E-state index contributed by atoms with van der Waals surface area (Å²) in [5, 5.41) is 0. The van der Waals surface area contributed by atoms with Crippen LogP contribution in [-0.4, -0.2) is 12.1 Å². The van der Waals surface area contributed by atoms with E-state index >= 15 is 0 Å². The Balaban J connectivity index is 2.21. The molecule has 5 heteroatoms. The summed E-state index contributed by atoms with van der Waals surface area (Å²) >= 11 is 0. The fourth-order valence-corrected chi connectivity index (χ4v) is 1.53. The van der Waals surface area contributed by atoms with Crippen LogP contribution in [0.1, 0.15) is 0 Å². The van der Waals surface area contributed by atoms with Crippen molar-refractivity contribution in [1.29, 1.82) is 0 Å². The Morgan fingerprint density at radius 3 is 1.95 bits per heavy atom. The van der Waals surface area contributed by atoms with E-state index in [9.17, 15) is 9.59 Å². The van der Waals surface area contributed by atoms with E-state index in [1.807, 2.05) is 0 Å². The highest BCUT2D eigenvalue weighted by atomic mass is 16.6. The van der Waals surface area contributed by atoms with E-state index in [0.29, 0.717) is 11.4 Å². The van der Waals surface area contributed by atoms with Crippen LogP contribution in [0.4, 0.5) is 15.3 Å². The summed E-state index contributed by atoms with van der Waals surface area (Å²) in [5.41, 5.74) is 5.57. The molecule has 0 aliphatic rings. The lowest BCUT2D eigenvalue weighted by Gasteiger charge is -2.17. The lowest BCUT2D eigenvalue weighted by molar-refractivity contribution is 0.206. The van der Waals surface area contributed by atoms with Crippen LogP contribution >= 0.6 is 0 Å². The quantitative estimate of drug-likeness (QED) is 0.897. The number of anilines is 1. The molecule has 3 amide bonds. The minimum absolute atomic E-state index is 0.342. The first kappa shape index (κ1) is 12.6. The van der Waals surface area contributed by atoms with Crippen molar-refractivity contribution in [2.45, 2.75) is 0 Å². The number of rotatable bonds is 2. The summed E-state index contributed by atoms with van der Waals surface area (Å²) in [5.74, 6) is 0.342. The molecule has 0 fully saturated rings. The number of primary amides is 1. The van der Waals surface area contributed by atoms with E-state index in [1.54, 1.807) is 60.7 Å². The number of nitrogens with zero attached hydrogens (tertiary/aromatic N) is 1. The predicted octanol–water partition coefficient (Wildman–Crippen LogP) is 2.77. The lowest BCUT2D eigenvalue weighted by atomic mass is 10.3. The van der Waals surface area contributed by atoms with Gasteiger partial charge in [0.1, 0.15) is 5.75 Å². The number of ether oxygens (including phenoxy) is 1. The zero-order chi connectivity index (χ0) is 13.7. The molecule has 0 bridgehead atoms. The van der Waals surface area contributed by atoms with Crippen LogP contribution < -0.4 is 15.4 Å². The van der Waals surface area contributed by atoms with E-state index in [-0.39, 0.29) is 0 Å². The van der Waals surface area contributed by atoms with Crippen molar-refractivity contribution in [2.24, 2.45) is 5.73 Å². The first-order chi connectivity index (χ1) is 9.18. The van der Waals surface area contributed by atoms with Gasteiger partial charge < -0.3 is 10.5 Å². The largest absolute Gasteiger partial charge is 0.428 e. The molecule has 2 aromatic rings. The fraction of sp³-hybridized carbons (Fsp3) is 0. The molecule has 2 aromatic carbocycles. The maximum Gasteiger partial charge on any atom is 0.428 e. The summed E-state index contributed by atoms with van der Waals surface area (Å²) in [7, 11) is 0. The van der Waals surface area contributed by atoms with Gasteiger partial charge >= 0.3 is 12.1 Å². The Labute approximate surface area is 110 Å². The number of amides is 3. The molecule has 96 valence electrons. The number of imide groups is 1. The van der Waals surface area contributed by atoms with Gasteiger partial charge in [-0.05, 0) is 24.3 Å². The van der Waals surface area contributed by atoms with Gasteiger partial charge in [0.2, 0.25) is 0 Å². The van der Waals surface area contributed by atoms with Crippen LogP contribution in [0.25, 0.3) is 0 Å². The van der Waals surface area contributed by atoms with E-state index in [1.165, 1.54) is 0 Å². The zero-order valence-electron chi connectivity index (χ0n) is 10.0. The standard InChI is InChI=1S/C14H12N2O3/c15-13(17)16(11-7-3-1-4-8-11)14(18)19-12-9-5-2-6-10-12/h1-10H,(H2,15,17). The molecule has 0 saturated heterocycles. The first-order valence-electron chi connectivity index (χ1n) is 5.60. The first-order valence-corrected chi connectivity index (χ1v) is 5.60. The fourth-order valence-electron chi connectivity index (χ4n) is 1.53. The van der Waals surface area contributed by atoms with Crippen LogP contribution in [0.3, 0.4) is 0 Å². The Hall–Kier alpha value is -2.82. The molecule has 0 spiro atoms. The molecule has 0 atom stereocenters. The van der Waals surface area contributed by atoms with Crippen LogP contribution in [0.5, 0.6) is 5.75 Å². The summed E-state index contributed by atoms with van der Waals surface area (Å²) < 4.78 is 5.08. The monoisotopic (exact) mass is 256 g/mol. The highest BCUT2D eigenvalue weighted by Gasteiger charge is 2.22. The summed E-state index contributed by atoms with van der Waals surface area (Å²) in [4.78, 5) is 24.1. The number of hydrogen-bond donors (Lipinski definition) is 1. The highest BCUT2D eigenvalue weighted by Crippen LogP contribution is 2.16. The van der Waals surface area contributed by atoms with Crippen molar-refractivity contribution in [3.8, 4) is 5.75 Å². The van der Waals surface area contributed by atoms with Crippen molar-refractivity contribution in [3.63, 3.8) is 0 Å². The van der Waals surface area contributed by atoms with Gasteiger partial charge in [-0.2, -0.15) is 4.90 Å². The molecule has 19 heavy (non-hydrogen) atoms. The van der Waals surface area contributed by atoms with Gasteiger partial charge in [-0.15, -0.1) is 0 Å². The Morgan fingerprint density at radius 1 is 0.895 bits per heavy atom. The predicted molar refractivity (Wildman–Crippen MR) is 71.0 cm³/mol. The number of nitrogens with two attached hydrogens (primary N) is 1. The molecular weight excluding hydrogens is 244 g/mol. The van der Waals surface area contributed by atoms with Gasteiger partial charge in [-0.25, -0.2) is 9.59 Å². The van der Waals surface area contributed by atoms with Crippen molar-refractivity contribution in [1.82, 2.24) is 0 Å². The Morgan fingerprint density at radius 2 is 1.42 bits per heavy atom. The lowest BCUT2D eigenvalue weighted by Crippen LogP contribution is -2.42. The molecule has 0 unspecified atom stereocenters. The van der Waals surface area contributed by atoms with Crippen LogP contribution in [0.2, 0.25) is 0 Å². The Bertz CT molecular complexity index is 570. The average molecular weight is 256 g/mol. The third kappa shape index (κ3) is 3.10. The summed E-state index contributed by atoms with van der Waals surface area (Å²) in [6, 6.07) is 15.9. The molecule has 0 aromatic heterocycles. The smallest absolute Gasteiger partial charge is 0.410 e. The van der Waals surface area contributed by atoms with Gasteiger partial charge in [0.15, 0.2) is 0 Å². The normalized spacial score (nSPS) is 9.68. The van der Waals surface area contributed by atoms with E-state index in [2.05, 4.69) is 0 Å². The third-order valence-electron chi connectivity index (χ3n) is 2.37. The van der Waals surface area contributed by atoms with Crippen molar-refractivity contribution in [3.05, 3.63) is 60.7 Å². The molecule has 0 aliphatic carbocycles. The average Bonchev–Trinajstić information content (AvgIpc) is 2.40. The maximum absolute atomic E-state index is 12.0.